The molecule has 178 valence electrons. The van der Waals surface area contributed by atoms with Crippen LogP contribution in [0.25, 0.3) is 6.08 Å². The number of ether oxygens (including phenoxy) is 2. The third-order valence-electron chi connectivity index (χ3n) is 6.06. The second-order valence-corrected chi connectivity index (χ2v) is 9.33. The number of hydrogen-bond donors (Lipinski definition) is 0. The number of amides is 2. The van der Waals surface area contributed by atoms with Gasteiger partial charge in [-0.2, -0.15) is 0 Å². The molecule has 1 saturated heterocycles. The van der Waals surface area contributed by atoms with E-state index >= 15 is 0 Å². The van der Waals surface area contributed by atoms with E-state index in [4.69, 9.17) is 9.47 Å². The summed E-state index contributed by atoms with van der Waals surface area (Å²) in [6, 6.07) is 13.0. The number of methoxy groups -OCH3 is 1. The van der Waals surface area contributed by atoms with E-state index in [1.165, 1.54) is 11.8 Å². The summed E-state index contributed by atoms with van der Waals surface area (Å²) in [5.74, 6) is -0.133. The number of benzene rings is 2. The highest BCUT2D eigenvalue weighted by atomic mass is 32.2. The summed E-state index contributed by atoms with van der Waals surface area (Å²) in [5, 5.41) is 0. The minimum Gasteiger partial charge on any atom is -0.496 e. The molecule has 2 aliphatic heterocycles. The topological polar surface area (TPSA) is 76.2 Å². The molecule has 0 spiro atoms. The van der Waals surface area contributed by atoms with Crippen molar-refractivity contribution < 1.29 is 23.9 Å². The number of piperidine rings is 1. The Morgan fingerprint density at radius 2 is 2.00 bits per heavy atom. The second-order valence-electron chi connectivity index (χ2n) is 8.24. The molecule has 34 heavy (non-hydrogen) atoms. The van der Waals surface area contributed by atoms with Crippen molar-refractivity contribution in [2.75, 3.05) is 38.8 Å². The average Bonchev–Trinajstić information content (AvgIpc) is 2.87. The van der Waals surface area contributed by atoms with Crippen molar-refractivity contribution in [3.8, 4) is 5.75 Å². The largest absolute Gasteiger partial charge is 0.496 e. The third-order valence-corrected chi connectivity index (χ3v) is 7.13. The highest BCUT2D eigenvalue weighted by Crippen LogP contribution is 2.42. The van der Waals surface area contributed by atoms with Crippen LogP contribution in [0.4, 0.5) is 5.69 Å². The molecule has 2 heterocycles. The normalized spacial score (nSPS) is 19.1. The fraction of sp³-hybridized carbons (Fsp3) is 0.346. The number of esters is 1. The van der Waals surface area contributed by atoms with Crippen molar-refractivity contribution >= 4 is 41.3 Å². The summed E-state index contributed by atoms with van der Waals surface area (Å²) in [6.07, 6.45) is 3.31. The van der Waals surface area contributed by atoms with E-state index in [1.807, 2.05) is 36.4 Å². The van der Waals surface area contributed by atoms with Crippen molar-refractivity contribution in [2.24, 2.45) is 5.92 Å². The lowest BCUT2D eigenvalue weighted by Gasteiger charge is -2.32. The summed E-state index contributed by atoms with van der Waals surface area (Å²) in [7, 11) is 3.31. The predicted molar refractivity (Wildman–Crippen MR) is 132 cm³/mol. The maximum atomic E-state index is 13.2. The van der Waals surface area contributed by atoms with Crippen LogP contribution in [0.3, 0.4) is 0 Å². The smallest absolute Gasteiger partial charge is 0.310 e. The fourth-order valence-corrected chi connectivity index (χ4v) is 5.33. The van der Waals surface area contributed by atoms with E-state index in [9.17, 15) is 14.4 Å². The number of fused-ring (bicyclic) bond motifs is 1. The molecule has 0 radical (unpaired) electrons. The van der Waals surface area contributed by atoms with Crippen LogP contribution in [0, 0.1) is 5.92 Å². The standard InChI is InChI=1S/C26H28N2O5S/c1-4-33-26(31)19-9-7-13-28(16-19)24(29)18-11-12-22-20(14-18)27(2)25(30)23(34-22)15-17-8-5-6-10-21(17)32-3/h5-6,8,10-12,14-15,19H,4,7,9,13,16H2,1-3H3/b23-15-. The van der Waals surface area contributed by atoms with Crippen LogP contribution in [0.2, 0.25) is 0 Å². The lowest BCUT2D eigenvalue weighted by atomic mass is 9.97. The SMILES string of the molecule is CCOC(=O)C1CCCN(C(=O)c2ccc3c(c2)N(C)C(=O)/C(=C/c2ccccc2OC)S3)C1. The Kier molecular flexibility index (Phi) is 7.26. The quantitative estimate of drug-likeness (QED) is 0.471. The van der Waals surface area contributed by atoms with Crippen molar-refractivity contribution in [3.05, 3.63) is 58.5 Å². The Balaban J connectivity index is 1.56. The number of para-hydroxylation sites is 1. The van der Waals surface area contributed by atoms with Crippen molar-refractivity contribution in [1.82, 2.24) is 4.90 Å². The van der Waals surface area contributed by atoms with Gasteiger partial charge in [-0.1, -0.05) is 30.0 Å². The van der Waals surface area contributed by atoms with E-state index in [1.54, 1.807) is 43.0 Å². The number of carbonyl (C=O) groups is 3. The monoisotopic (exact) mass is 480 g/mol. The molecule has 2 amide bonds. The first-order valence-corrected chi connectivity index (χ1v) is 12.1. The predicted octanol–water partition coefficient (Wildman–Crippen LogP) is 4.22. The maximum Gasteiger partial charge on any atom is 0.310 e. The summed E-state index contributed by atoms with van der Waals surface area (Å²) in [6.45, 7) is 3.06. The van der Waals surface area contributed by atoms with Crippen LogP contribution in [0.5, 0.6) is 5.75 Å². The van der Waals surface area contributed by atoms with E-state index in [0.717, 1.165) is 23.3 Å². The van der Waals surface area contributed by atoms with E-state index in [2.05, 4.69) is 0 Å². The first-order chi connectivity index (χ1) is 16.4. The average molecular weight is 481 g/mol. The minimum absolute atomic E-state index is 0.141. The van der Waals surface area contributed by atoms with Crippen molar-refractivity contribution in [1.29, 1.82) is 0 Å². The zero-order chi connectivity index (χ0) is 24.2. The molecule has 2 aliphatic rings. The van der Waals surface area contributed by atoms with Gasteiger partial charge >= 0.3 is 5.97 Å². The van der Waals surface area contributed by atoms with Crippen molar-refractivity contribution in [3.63, 3.8) is 0 Å². The maximum absolute atomic E-state index is 13.2. The molecule has 1 atom stereocenters. The van der Waals surface area contributed by atoms with Crippen molar-refractivity contribution in [2.45, 2.75) is 24.7 Å². The number of likely N-dealkylation sites (tertiary alicyclic amines) is 1. The summed E-state index contributed by atoms with van der Waals surface area (Å²) in [5.41, 5.74) is 2.02. The molecule has 7 nitrogen and oxygen atoms in total. The van der Waals surface area contributed by atoms with Gasteiger partial charge in [0.15, 0.2) is 0 Å². The van der Waals surface area contributed by atoms with Crippen LogP contribution in [0.1, 0.15) is 35.7 Å². The lowest BCUT2D eigenvalue weighted by molar-refractivity contribution is -0.149. The molecule has 2 aromatic carbocycles. The van der Waals surface area contributed by atoms with E-state index < -0.39 is 0 Å². The van der Waals surface area contributed by atoms with Gasteiger partial charge in [-0.3, -0.25) is 14.4 Å². The minimum atomic E-state index is -0.294. The number of carbonyl (C=O) groups excluding carboxylic acids is 3. The van der Waals surface area contributed by atoms with Gasteiger partial charge < -0.3 is 19.3 Å². The third kappa shape index (κ3) is 4.82. The highest BCUT2D eigenvalue weighted by molar-refractivity contribution is 8.04. The molecule has 0 bridgehead atoms. The van der Waals surface area contributed by atoms with Gasteiger partial charge in [-0.15, -0.1) is 0 Å². The molecule has 0 aliphatic carbocycles. The van der Waals surface area contributed by atoms with Gasteiger partial charge in [0.05, 0.1) is 30.2 Å². The zero-order valence-corrected chi connectivity index (χ0v) is 20.4. The first kappa shape index (κ1) is 23.9. The number of likely N-dealkylation sites (N-methyl/N-ethyl adjacent to an activating group) is 1. The lowest BCUT2D eigenvalue weighted by Crippen LogP contribution is -2.43. The Hall–Kier alpha value is -3.26. The Morgan fingerprint density at radius 3 is 2.76 bits per heavy atom. The van der Waals surface area contributed by atoms with Crippen LogP contribution in [-0.4, -0.2) is 56.5 Å². The second kappa shape index (κ2) is 10.3. The Morgan fingerprint density at radius 1 is 1.21 bits per heavy atom. The number of nitrogens with zero attached hydrogens (tertiary/aromatic N) is 2. The Bertz CT molecular complexity index is 1150. The van der Waals surface area contributed by atoms with Crippen LogP contribution >= 0.6 is 11.8 Å². The number of thioether (sulfide) groups is 1. The molecule has 0 saturated carbocycles. The number of anilines is 1. The molecule has 8 heteroatoms. The van der Waals surface area contributed by atoms with Crippen LogP contribution in [0.15, 0.2) is 52.3 Å². The molecule has 1 fully saturated rings. The molecular formula is C26H28N2O5S. The number of hydrogen-bond acceptors (Lipinski definition) is 6. The van der Waals surface area contributed by atoms with Crippen LogP contribution in [-0.2, 0) is 14.3 Å². The molecule has 4 rings (SSSR count). The summed E-state index contributed by atoms with van der Waals surface area (Å²) >= 11 is 1.38. The molecule has 0 N–H and O–H groups in total. The van der Waals surface area contributed by atoms with Gasteiger partial charge in [0.25, 0.3) is 11.8 Å². The zero-order valence-electron chi connectivity index (χ0n) is 19.6. The van der Waals surface area contributed by atoms with E-state index in [-0.39, 0.29) is 23.7 Å². The van der Waals surface area contributed by atoms with Crippen LogP contribution < -0.4 is 9.64 Å². The van der Waals surface area contributed by atoms with Gasteiger partial charge in [-0.25, -0.2) is 0 Å². The highest BCUT2D eigenvalue weighted by Gasteiger charge is 2.32. The number of rotatable bonds is 5. The molecule has 1 unspecified atom stereocenters. The van der Waals surface area contributed by atoms with E-state index in [0.29, 0.717) is 41.6 Å². The van der Waals surface area contributed by atoms with Gasteiger partial charge in [0.1, 0.15) is 5.75 Å². The van der Waals surface area contributed by atoms with Gasteiger partial charge in [0.2, 0.25) is 0 Å². The molecular weight excluding hydrogens is 452 g/mol. The van der Waals surface area contributed by atoms with Gasteiger partial charge in [0, 0.05) is 36.2 Å². The molecule has 2 aromatic rings. The first-order valence-electron chi connectivity index (χ1n) is 11.3. The summed E-state index contributed by atoms with van der Waals surface area (Å²) in [4.78, 5) is 43.2. The van der Waals surface area contributed by atoms with Gasteiger partial charge in [-0.05, 0) is 50.1 Å². The summed E-state index contributed by atoms with van der Waals surface area (Å²) < 4.78 is 10.5. The molecule has 0 aromatic heterocycles. The Labute approximate surface area is 203 Å². The fourth-order valence-electron chi connectivity index (χ4n) is 4.25.